The molecule has 8 heteroatoms. The Balaban J connectivity index is 2.58. The summed E-state index contributed by atoms with van der Waals surface area (Å²) in [5.41, 5.74) is 0.269. The van der Waals surface area contributed by atoms with Crippen molar-refractivity contribution in [2.75, 3.05) is 32.8 Å². The van der Waals surface area contributed by atoms with Crippen molar-refractivity contribution in [3.8, 4) is 17.2 Å². The van der Waals surface area contributed by atoms with Crippen LogP contribution in [0.25, 0.3) is 0 Å². The van der Waals surface area contributed by atoms with Gasteiger partial charge < -0.3 is 18.9 Å². The van der Waals surface area contributed by atoms with Gasteiger partial charge in [-0.25, -0.2) is 4.79 Å². The van der Waals surface area contributed by atoms with Crippen LogP contribution in [0.3, 0.4) is 0 Å². The second-order valence-corrected chi connectivity index (χ2v) is 5.39. The van der Waals surface area contributed by atoms with Crippen LogP contribution in [-0.4, -0.2) is 51.6 Å². The second kappa shape index (κ2) is 7.42. The molecule has 0 spiro atoms. The Kier molecular flexibility index (Phi) is 5.51. The van der Waals surface area contributed by atoms with E-state index in [9.17, 15) is 14.4 Å². The van der Waals surface area contributed by atoms with E-state index < -0.39 is 23.7 Å². The van der Waals surface area contributed by atoms with Crippen molar-refractivity contribution in [1.82, 2.24) is 0 Å². The van der Waals surface area contributed by atoms with Gasteiger partial charge in [-0.2, -0.15) is 0 Å². The predicted octanol–water partition coefficient (Wildman–Crippen LogP) is 1.58. The number of fused-ring (bicyclic) bond motifs is 1. The summed E-state index contributed by atoms with van der Waals surface area (Å²) in [5.74, 6) is -1.63. The molecule has 2 rings (SSSR count). The number of rotatable bonds is 7. The van der Waals surface area contributed by atoms with Gasteiger partial charge in [0.2, 0.25) is 5.75 Å². The molecule has 25 heavy (non-hydrogen) atoms. The maximum Gasteiger partial charge on any atom is 0.328 e. The molecule has 1 aromatic rings. The van der Waals surface area contributed by atoms with Crippen LogP contribution >= 0.6 is 0 Å². The molecule has 1 aliphatic rings. The van der Waals surface area contributed by atoms with Crippen molar-refractivity contribution in [2.45, 2.75) is 26.3 Å². The van der Waals surface area contributed by atoms with Crippen molar-refractivity contribution in [1.29, 1.82) is 0 Å². The van der Waals surface area contributed by atoms with Gasteiger partial charge in [-0.05, 0) is 13.3 Å². The minimum atomic E-state index is -0.966. The van der Waals surface area contributed by atoms with Crippen LogP contribution in [0.4, 0.5) is 5.69 Å². The SMILES string of the molecule is CCCOC(=O)C(C)N1C(=O)C(=O)c2c1cc(OC)c(OC)c2OC. The number of carbonyl (C=O) groups excluding carboxylic acids is 3. The first-order chi connectivity index (χ1) is 11.9. The Morgan fingerprint density at radius 2 is 1.76 bits per heavy atom. The maximum atomic E-state index is 12.5. The van der Waals surface area contributed by atoms with Crippen LogP contribution in [0.1, 0.15) is 30.6 Å². The van der Waals surface area contributed by atoms with Gasteiger partial charge in [0.25, 0.3) is 11.7 Å². The standard InChI is InChI=1S/C17H21NO7/c1-6-7-25-17(21)9(2)18-10-8-11(22-3)14(23-4)15(24-5)12(10)13(19)16(18)20/h8-9H,6-7H2,1-5H3. The number of carbonyl (C=O) groups is 3. The highest BCUT2D eigenvalue weighted by molar-refractivity contribution is 6.53. The molecule has 8 nitrogen and oxygen atoms in total. The maximum absolute atomic E-state index is 12.5. The summed E-state index contributed by atoms with van der Waals surface area (Å²) >= 11 is 0. The molecular formula is C17H21NO7. The van der Waals surface area contributed by atoms with Gasteiger partial charge in [0.1, 0.15) is 6.04 Å². The van der Waals surface area contributed by atoms with Crippen LogP contribution < -0.4 is 19.1 Å². The number of esters is 1. The molecule has 1 amide bonds. The average molecular weight is 351 g/mol. The number of hydrogen-bond acceptors (Lipinski definition) is 7. The fourth-order valence-electron chi connectivity index (χ4n) is 2.69. The van der Waals surface area contributed by atoms with Crippen LogP contribution in [0.5, 0.6) is 17.2 Å². The summed E-state index contributed by atoms with van der Waals surface area (Å²) < 4.78 is 20.9. The van der Waals surface area contributed by atoms with E-state index in [-0.39, 0.29) is 35.1 Å². The van der Waals surface area contributed by atoms with Crippen molar-refractivity contribution in [3.05, 3.63) is 11.6 Å². The zero-order chi connectivity index (χ0) is 18.7. The highest BCUT2D eigenvalue weighted by atomic mass is 16.5. The fraction of sp³-hybridized carbons (Fsp3) is 0.471. The molecule has 0 fully saturated rings. The van der Waals surface area contributed by atoms with Crippen molar-refractivity contribution in [2.24, 2.45) is 0 Å². The number of Topliss-reactive ketones (excluding diaryl/α,β-unsaturated/α-hetero) is 1. The molecule has 1 atom stereocenters. The van der Waals surface area contributed by atoms with Gasteiger partial charge in [0.15, 0.2) is 11.5 Å². The minimum absolute atomic E-state index is 0.0419. The number of ether oxygens (including phenoxy) is 4. The lowest BCUT2D eigenvalue weighted by Crippen LogP contribution is -2.43. The van der Waals surface area contributed by atoms with Crippen molar-refractivity contribution >= 4 is 23.3 Å². The number of ketones is 1. The molecule has 1 aromatic carbocycles. The summed E-state index contributed by atoms with van der Waals surface area (Å²) in [4.78, 5) is 38.2. The Morgan fingerprint density at radius 1 is 1.12 bits per heavy atom. The summed E-state index contributed by atoms with van der Waals surface area (Å²) in [6.45, 7) is 3.60. The predicted molar refractivity (Wildman–Crippen MR) is 88.6 cm³/mol. The molecule has 1 aliphatic heterocycles. The summed E-state index contributed by atoms with van der Waals surface area (Å²) in [6.07, 6.45) is 0.654. The zero-order valence-electron chi connectivity index (χ0n) is 14.9. The topological polar surface area (TPSA) is 91.4 Å². The first kappa shape index (κ1) is 18.6. The summed E-state index contributed by atoms with van der Waals surface area (Å²) in [6, 6.07) is 0.510. The highest BCUT2D eigenvalue weighted by Crippen LogP contribution is 2.48. The third-order valence-electron chi connectivity index (χ3n) is 3.89. The van der Waals surface area contributed by atoms with E-state index in [1.54, 1.807) is 0 Å². The summed E-state index contributed by atoms with van der Waals surface area (Å²) in [7, 11) is 4.18. The Bertz CT molecular complexity index is 713. The second-order valence-electron chi connectivity index (χ2n) is 5.39. The molecule has 136 valence electrons. The van der Waals surface area contributed by atoms with Gasteiger partial charge >= 0.3 is 5.97 Å². The Morgan fingerprint density at radius 3 is 2.28 bits per heavy atom. The lowest BCUT2D eigenvalue weighted by Gasteiger charge is -2.24. The molecule has 1 unspecified atom stereocenters. The quantitative estimate of drug-likeness (QED) is 0.544. The number of benzene rings is 1. The molecular weight excluding hydrogens is 330 g/mol. The zero-order valence-corrected chi connectivity index (χ0v) is 14.9. The largest absolute Gasteiger partial charge is 0.493 e. The number of anilines is 1. The molecule has 0 N–H and O–H groups in total. The van der Waals surface area contributed by atoms with Crippen LogP contribution in [0, 0.1) is 0 Å². The first-order valence-electron chi connectivity index (χ1n) is 7.80. The minimum Gasteiger partial charge on any atom is -0.493 e. The van der Waals surface area contributed by atoms with E-state index >= 15 is 0 Å². The first-order valence-corrected chi connectivity index (χ1v) is 7.80. The van der Waals surface area contributed by atoms with E-state index in [1.165, 1.54) is 34.3 Å². The number of amides is 1. The van der Waals surface area contributed by atoms with E-state index in [0.717, 1.165) is 4.90 Å². The molecule has 0 saturated carbocycles. The lowest BCUT2D eigenvalue weighted by atomic mass is 10.1. The smallest absolute Gasteiger partial charge is 0.328 e. The van der Waals surface area contributed by atoms with Crippen LogP contribution in [-0.2, 0) is 14.3 Å². The number of nitrogens with zero attached hydrogens (tertiary/aromatic N) is 1. The number of hydrogen-bond donors (Lipinski definition) is 0. The molecule has 0 saturated heterocycles. The monoisotopic (exact) mass is 351 g/mol. The Hall–Kier alpha value is -2.77. The van der Waals surface area contributed by atoms with Gasteiger partial charge in [0, 0.05) is 6.07 Å². The van der Waals surface area contributed by atoms with Crippen molar-refractivity contribution in [3.63, 3.8) is 0 Å². The van der Waals surface area contributed by atoms with Gasteiger partial charge in [-0.1, -0.05) is 6.92 Å². The highest BCUT2D eigenvalue weighted by Gasteiger charge is 2.45. The normalized spacial score (nSPS) is 14.2. The van der Waals surface area contributed by atoms with Crippen LogP contribution in [0.15, 0.2) is 6.07 Å². The molecule has 0 aliphatic carbocycles. The molecule has 0 bridgehead atoms. The molecule has 0 aromatic heterocycles. The third kappa shape index (κ3) is 2.99. The Labute approximate surface area is 145 Å². The molecule has 1 heterocycles. The van der Waals surface area contributed by atoms with E-state index in [4.69, 9.17) is 18.9 Å². The van der Waals surface area contributed by atoms with Crippen LogP contribution in [0.2, 0.25) is 0 Å². The molecule has 0 radical (unpaired) electrons. The van der Waals surface area contributed by atoms with E-state index in [0.29, 0.717) is 6.42 Å². The third-order valence-corrected chi connectivity index (χ3v) is 3.89. The van der Waals surface area contributed by atoms with Crippen molar-refractivity contribution < 1.29 is 33.3 Å². The lowest BCUT2D eigenvalue weighted by molar-refractivity contribution is -0.145. The van der Waals surface area contributed by atoms with Gasteiger partial charge in [0.05, 0.1) is 39.2 Å². The fourth-order valence-corrected chi connectivity index (χ4v) is 2.69. The average Bonchev–Trinajstić information content (AvgIpc) is 2.87. The van der Waals surface area contributed by atoms with Gasteiger partial charge in [-0.3, -0.25) is 14.5 Å². The van der Waals surface area contributed by atoms with E-state index in [1.807, 2.05) is 6.92 Å². The number of methoxy groups -OCH3 is 3. The van der Waals surface area contributed by atoms with Gasteiger partial charge in [-0.15, -0.1) is 0 Å². The summed E-state index contributed by atoms with van der Waals surface area (Å²) in [5, 5.41) is 0. The van der Waals surface area contributed by atoms with E-state index in [2.05, 4.69) is 0 Å².